The van der Waals surface area contributed by atoms with Crippen LogP contribution < -0.4 is 0 Å². The fourth-order valence-electron chi connectivity index (χ4n) is 2.94. The largest absolute Gasteiger partial charge is 0.302 e. The van der Waals surface area contributed by atoms with Gasteiger partial charge in [-0.3, -0.25) is 5.10 Å². The molecule has 0 amide bonds. The maximum atomic E-state index is 4.49. The second kappa shape index (κ2) is 6.18. The van der Waals surface area contributed by atoms with Crippen LogP contribution in [0.15, 0.2) is 30.3 Å². The monoisotopic (exact) mass is 270 g/mol. The van der Waals surface area contributed by atoms with E-state index in [4.69, 9.17) is 0 Å². The van der Waals surface area contributed by atoms with E-state index in [1.165, 1.54) is 24.9 Å². The van der Waals surface area contributed by atoms with Gasteiger partial charge in [0.2, 0.25) is 0 Å². The maximum absolute atomic E-state index is 4.49. The first-order chi connectivity index (χ1) is 9.81. The smallest absolute Gasteiger partial charge is 0.155 e. The van der Waals surface area contributed by atoms with Crippen molar-refractivity contribution in [3.05, 3.63) is 47.5 Å². The Kier molecular flexibility index (Phi) is 4.11. The number of nitrogens with zero attached hydrogens (tertiary/aromatic N) is 3. The van der Waals surface area contributed by atoms with Crippen LogP contribution in [0, 0.1) is 6.92 Å². The molecule has 1 aromatic carbocycles. The number of aromatic nitrogens is 3. The lowest BCUT2D eigenvalue weighted by Gasteiger charge is -2.31. The van der Waals surface area contributed by atoms with Crippen molar-refractivity contribution in [2.24, 2.45) is 0 Å². The van der Waals surface area contributed by atoms with Crippen LogP contribution in [-0.4, -0.2) is 39.7 Å². The molecule has 4 heteroatoms. The zero-order chi connectivity index (χ0) is 13.8. The first-order valence-electron chi connectivity index (χ1n) is 7.46. The minimum absolute atomic E-state index is 0.490. The molecule has 0 saturated carbocycles. The molecule has 2 heterocycles. The van der Waals surface area contributed by atoms with E-state index < -0.39 is 0 Å². The zero-order valence-corrected chi connectivity index (χ0v) is 12.0. The number of aromatic amines is 1. The third kappa shape index (κ3) is 3.25. The van der Waals surface area contributed by atoms with Crippen LogP contribution in [-0.2, 0) is 6.42 Å². The van der Waals surface area contributed by atoms with Gasteiger partial charge in [-0.25, -0.2) is 4.98 Å². The highest BCUT2D eigenvalue weighted by Crippen LogP contribution is 2.24. The van der Waals surface area contributed by atoms with E-state index in [9.17, 15) is 0 Å². The van der Waals surface area contributed by atoms with Crippen LogP contribution in [0.2, 0.25) is 0 Å². The zero-order valence-electron chi connectivity index (χ0n) is 12.0. The Bertz CT molecular complexity index is 534. The predicted molar refractivity (Wildman–Crippen MR) is 79.7 cm³/mol. The average Bonchev–Trinajstić information content (AvgIpc) is 2.93. The average molecular weight is 270 g/mol. The van der Waals surface area contributed by atoms with Crippen molar-refractivity contribution >= 4 is 0 Å². The first kappa shape index (κ1) is 13.3. The minimum Gasteiger partial charge on any atom is -0.302 e. The Morgan fingerprint density at radius 2 is 2.15 bits per heavy atom. The Morgan fingerprint density at radius 1 is 1.30 bits per heavy atom. The van der Waals surface area contributed by atoms with Crippen molar-refractivity contribution in [1.82, 2.24) is 20.1 Å². The highest BCUT2D eigenvalue weighted by molar-refractivity contribution is 5.15. The number of piperidine rings is 1. The predicted octanol–water partition coefficient (Wildman–Crippen LogP) is 2.54. The maximum Gasteiger partial charge on any atom is 0.155 e. The van der Waals surface area contributed by atoms with Crippen LogP contribution in [0.5, 0.6) is 0 Å². The van der Waals surface area contributed by atoms with E-state index in [-0.39, 0.29) is 0 Å². The van der Waals surface area contributed by atoms with E-state index in [1.54, 1.807) is 0 Å². The Balaban J connectivity index is 1.55. The van der Waals surface area contributed by atoms with Gasteiger partial charge in [0.1, 0.15) is 5.82 Å². The molecule has 0 aliphatic carbocycles. The number of H-pyrrole nitrogens is 1. The van der Waals surface area contributed by atoms with Gasteiger partial charge in [-0.1, -0.05) is 30.3 Å². The summed E-state index contributed by atoms with van der Waals surface area (Å²) in [5.74, 6) is 2.40. The summed E-state index contributed by atoms with van der Waals surface area (Å²) in [4.78, 5) is 7.04. The molecular weight excluding hydrogens is 248 g/mol. The molecule has 1 aliphatic heterocycles. The van der Waals surface area contributed by atoms with Gasteiger partial charge >= 0.3 is 0 Å². The standard InChI is InChI=1S/C16H22N4/c1-13-17-16(19-18-13)15-8-5-10-20(12-15)11-9-14-6-3-2-4-7-14/h2-4,6-7,15H,5,8-12H2,1H3,(H,17,18,19). The summed E-state index contributed by atoms with van der Waals surface area (Å²) in [6.07, 6.45) is 3.58. The summed E-state index contributed by atoms with van der Waals surface area (Å²) < 4.78 is 0. The normalized spacial score (nSPS) is 20.1. The van der Waals surface area contributed by atoms with E-state index in [0.717, 1.165) is 31.2 Å². The summed E-state index contributed by atoms with van der Waals surface area (Å²) >= 11 is 0. The number of nitrogens with one attached hydrogen (secondary N) is 1. The highest BCUT2D eigenvalue weighted by Gasteiger charge is 2.23. The molecule has 0 bridgehead atoms. The molecule has 1 unspecified atom stereocenters. The lowest BCUT2D eigenvalue weighted by Crippen LogP contribution is -2.36. The first-order valence-corrected chi connectivity index (χ1v) is 7.46. The molecule has 1 fully saturated rings. The van der Waals surface area contributed by atoms with Crippen LogP contribution in [0.4, 0.5) is 0 Å². The van der Waals surface area contributed by atoms with Crippen LogP contribution in [0.1, 0.15) is 36.0 Å². The quantitative estimate of drug-likeness (QED) is 0.928. The minimum atomic E-state index is 0.490. The molecule has 2 aromatic rings. The van der Waals surface area contributed by atoms with Crippen molar-refractivity contribution in [2.45, 2.75) is 32.1 Å². The Hall–Kier alpha value is -1.68. The SMILES string of the molecule is Cc1nc(C2CCCN(CCc3ccccc3)C2)n[nH]1. The summed E-state index contributed by atoms with van der Waals surface area (Å²) in [7, 11) is 0. The molecule has 3 rings (SSSR count). The molecular formula is C16H22N4. The van der Waals surface area contributed by atoms with Crippen molar-refractivity contribution in [2.75, 3.05) is 19.6 Å². The van der Waals surface area contributed by atoms with E-state index >= 15 is 0 Å². The Labute approximate surface area is 120 Å². The number of benzene rings is 1. The number of likely N-dealkylation sites (tertiary alicyclic amines) is 1. The molecule has 0 radical (unpaired) electrons. The summed E-state index contributed by atoms with van der Waals surface area (Å²) in [5.41, 5.74) is 1.42. The third-order valence-electron chi connectivity index (χ3n) is 4.04. The number of rotatable bonds is 4. The van der Waals surface area contributed by atoms with E-state index in [2.05, 4.69) is 50.4 Å². The van der Waals surface area contributed by atoms with Gasteiger partial charge in [-0.05, 0) is 38.3 Å². The van der Waals surface area contributed by atoms with Gasteiger partial charge < -0.3 is 4.90 Å². The van der Waals surface area contributed by atoms with Crippen LogP contribution in [0.25, 0.3) is 0 Å². The molecule has 1 N–H and O–H groups in total. The summed E-state index contributed by atoms with van der Waals surface area (Å²) in [6.45, 7) is 5.38. The highest BCUT2D eigenvalue weighted by atomic mass is 15.2. The molecule has 20 heavy (non-hydrogen) atoms. The molecule has 4 nitrogen and oxygen atoms in total. The lowest BCUT2D eigenvalue weighted by molar-refractivity contribution is 0.206. The fraction of sp³-hybridized carbons (Fsp3) is 0.500. The fourth-order valence-corrected chi connectivity index (χ4v) is 2.94. The van der Waals surface area contributed by atoms with Gasteiger partial charge in [0, 0.05) is 19.0 Å². The van der Waals surface area contributed by atoms with Crippen molar-refractivity contribution in [3.63, 3.8) is 0 Å². The topological polar surface area (TPSA) is 44.8 Å². The summed E-state index contributed by atoms with van der Waals surface area (Å²) in [6, 6.07) is 10.7. The molecule has 0 spiro atoms. The van der Waals surface area contributed by atoms with Gasteiger partial charge in [0.15, 0.2) is 5.82 Å². The molecule has 1 saturated heterocycles. The lowest BCUT2D eigenvalue weighted by atomic mass is 9.97. The third-order valence-corrected chi connectivity index (χ3v) is 4.04. The number of hydrogen-bond donors (Lipinski definition) is 1. The van der Waals surface area contributed by atoms with Crippen molar-refractivity contribution in [1.29, 1.82) is 0 Å². The summed E-state index contributed by atoms with van der Waals surface area (Å²) in [5, 5.41) is 7.29. The van der Waals surface area contributed by atoms with Crippen LogP contribution in [0.3, 0.4) is 0 Å². The van der Waals surface area contributed by atoms with Gasteiger partial charge in [0.05, 0.1) is 0 Å². The number of aryl methyl sites for hydroxylation is 1. The molecule has 1 aliphatic rings. The van der Waals surface area contributed by atoms with E-state index in [0.29, 0.717) is 5.92 Å². The number of hydrogen-bond acceptors (Lipinski definition) is 3. The molecule has 1 aromatic heterocycles. The van der Waals surface area contributed by atoms with Gasteiger partial charge in [-0.15, -0.1) is 0 Å². The van der Waals surface area contributed by atoms with Crippen molar-refractivity contribution < 1.29 is 0 Å². The Morgan fingerprint density at radius 3 is 2.90 bits per heavy atom. The van der Waals surface area contributed by atoms with Crippen molar-refractivity contribution in [3.8, 4) is 0 Å². The van der Waals surface area contributed by atoms with Gasteiger partial charge in [0.25, 0.3) is 0 Å². The second-order valence-corrected chi connectivity index (χ2v) is 5.65. The van der Waals surface area contributed by atoms with Gasteiger partial charge in [-0.2, -0.15) is 5.10 Å². The molecule has 106 valence electrons. The van der Waals surface area contributed by atoms with E-state index in [1.807, 2.05) is 6.92 Å². The second-order valence-electron chi connectivity index (χ2n) is 5.65. The van der Waals surface area contributed by atoms with Crippen LogP contribution >= 0.6 is 0 Å². The molecule has 1 atom stereocenters.